The van der Waals surface area contributed by atoms with Gasteiger partial charge in [0.05, 0.1) is 14.2 Å². The number of benzene rings is 3. The SMILES string of the molecule is COc1ccc(CCN(C)C(=O)C(Cc2ccccc2)NC(=O)c2ccccc2)cc1OC. The molecule has 0 saturated carbocycles. The molecule has 0 heterocycles. The van der Waals surface area contributed by atoms with Crippen molar-refractivity contribution in [1.29, 1.82) is 0 Å². The first-order chi connectivity index (χ1) is 16.0. The van der Waals surface area contributed by atoms with Gasteiger partial charge in [0.15, 0.2) is 11.5 Å². The van der Waals surface area contributed by atoms with Gasteiger partial charge in [0.25, 0.3) is 5.91 Å². The molecule has 6 nitrogen and oxygen atoms in total. The maximum atomic E-state index is 13.3. The lowest BCUT2D eigenvalue weighted by Gasteiger charge is -2.25. The normalized spacial score (nSPS) is 11.4. The minimum absolute atomic E-state index is 0.136. The summed E-state index contributed by atoms with van der Waals surface area (Å²) in [5, 5.41) is 2.93. The number of nitrogens with one attached hydrogen (secondary N) is 1. The van der Waals surface area contributed by atoms with E-state index in [1.165, 1.54) is 0 Å². The molecule has 2 amide bonds. The molecule has 3 rings (SSSR count). The van der Waals surface area contributed by atoms with Crippen molar-refractivity contribution in [3.8, 4) is 11.5 Å². The molecule has 0 spiro atoms. The quantitative estimate of drug-likeness (QED) is 0.515. The Morgan fingerprint density at radius 2 is 1.48 bits per heavy atom. The highest BCUT2D eigenvalue weighted by molar-refractivity contribution is 5.97. The molecule has 0 saturated heterocycles. The van der Waals surface area contributed by atoms with Gasteiger partial charge in [0.1, 0.15) is 6.04 Å². The summed E-state index contributed by atoms with van der Waals surface area (Å²) in [6, 6.07) is 23.7. The molecule has 0 fully saturated rings. The molecular formula is C27H30N2O4. The van der Waals surface area contributed by atoms with E-state index in [1.807, 2.05) is 54.6 Å². The minimum atomic E-state index is -0.671. The number of rotatable bonds is 10. The largest absolute Gasteiger partial charge is 0.493 e. The second-order valence-corrected chi connectivity index (χ2v) is 7.78. The molecule has 0 aromatic heterocycles. The van der Waals surface area contributed by atoms with E-state index in [4.69, 9.17) is 9.47 Å². The molecule has 33 heavy (non-hydrogen) atoms. The summed E-state index contributed by atoms with van der Waals surface area (Å²) < 4.78 is 10.7. The van der Waals surface area contributed by atoms with E-state index in [0.29, 0.717) is 36.4 Å². The number of amides is 2. The van der Waals surface area contributed by atoms with E-state index in [9.17, 15) is 9.59 Å². The summed E-state index contributed by atoms with van der Waals surface area (Å²) in [4.78, 5) is 27.8. The van der Waals surface area contributed by atoms with Crippen molar-refractivity contribution in [1.82, 2.24) is 10.2 Å². The van der Waals surface area contributed by atoms with Crippen LogP contribution in [0, 0.1) is 0 Å². The van der Waals surface area contributed by atoms with Gasteiger partial charge in [0, 0.05) is 25.6 Å². The molecule has 0 radical (unpaired) electrons. The van der Waals surface area contributed by atoms with Crippen LogP contribution in [0.5, 0.6) is 11.5 Å². The second-order valence-electron chi connectivity index (χ2n) is 7.78. The molecule has 6 heteroatoms. The summed E-state index contributed by atoms with van der Waals surface area (Å²) in [5.41, 5.74) is 2.54. The number of carbonyl (C=O) groups excluding carboxylic acids is 2. The zero-order chi connectivity index (χ0) is 23.6. The predicted octanol–water partition coefficient (Wildman–Crippen LogP) is 3.75. The second kappa shape index (κ2) is 11.7. The number of nitrogens with zero attached hydrogens (tertiary/aromatic N) is 1. The molecular weight excluding hydrogens is 416 g/mol. The smallest absolute Gasteiger partial charge is 0.251 e. The monoisotopic (exact) mass is 446 g/mol. The molecule has 0 aliphatic heterocycles. The summed E-state index contributed by atoms with van der Waals surface area (Å²) in [7, 11) is 4.96. The number of ether oxygens (including phenoxy) is 2. The fraction of sp³-hybridized carbons (Fsp3) is 0.259. The molecule has 1 atom stereocenters. The number of hydrogen-bond donors (Lipinski definition) is 1. The van der Waals surface area contributed by atoms with Gasteiger partial charge in [-0.25, -0.2) is 0 Å². The molecule has 0 bridgehead atoms. The molecule has 0 aliphatic carbocycles. The molecule has 1 unspecified atom stereocenters. The number of methoxy groups -OCH3 is 2. The van der Waals surface area contributed by atoms with E-state index < -0.39 is 6.04 Å². The summed E-state index contributed by atoms with van der Waals surface area (Å²) in [6.07, 6.45) is 1.06. The lowest BCUT2D eigenvalue weighted by atomic mass is 10.0. The zero-order valence-electron chi connectivity index (χ0n) is 19.3. The average molecular weight is 447 g/mol. The van der Waals surface area contributed by atoms with Crippen LogP contribution in [0.1, 0.15) is 21.5 Å². The standard InChI is InChI=1S/C27H30N2O4/c1-29(17-16-21-14-15-24(32-2)25(19-21)33-3)27(31)23(18-20-10-6-4-7-11-20)28-26(30)22-12-8-5-9-13-22/h4-15,19,23H,16-18H2,1-3H3,(H,28,30). The Balaban J connectivity index is 1.70. The average Bonchev–Trinajstić information content (AvgIpc) is 2.87. The third kappa shape index (κ3) is 6.59. The van der Waals surface area contributed by atoms with E-state index >= 15 is 0 Å². The van der Waals surface area contributed by atoms with Gasteiger partial charge in [0.2, 0.25) is 5.91 Å². The number of hydrogen-bond acceptors (Lipinski definition) is 4. The Labute approximate surface area is 195 Å². The maximum Gasteiger partial charge on any atom is 0.251 e. The first-order valence-corrected chi connectivity index (χ1v) is 10.9. The number of carbonyl (C=O) groups is 2. The highest BCUT2D eigenvalue weighted by Gasteiger charge is 2.25. The predicted molar refractivity (Wildman–Crippen MR) is 129 cm³/mol. The lowest BCUT2D eigenvalue weighted by molar-refractivity contribution is -0.131. The van der Waals surface area contributed by atoms with Crippen LogP contribution in [0.15, 0.2) is 78.9 Å². The van der Waals surface area contributed by atoms with Gasteiger partial charge in [-0.1, -0.05) is 54.6 Å². The number of likely N-dealkylation sites (N-methyl/N-ethyl adjacent to an activating group) is 1. The van der Waals surface area contributed by atoms with Gasteiger partial charge in [-0.05, 0) is 41.8 Å². The van der Waals surface area contributed by atoms with Gasteiger partial charge in [-0.2, -0.15) is 0 Å². The third-order valence-electron chi connectivity index (χ3n) is 5.48. The van der Waals surface area contributed by atoms with Gasteiger partial charge >= 0.3 is 0 Å². The topological polar surface area (TPSA) is 67.9 Å². The fourth-order valence-corrected chi connectivity index (χ4v) is 3.59. The molecule has 0 aliphatic rings. The van der Waals surface area contributed by atoms with Crippen molar-refractivity contribution < 1.29 is 19.1 Å². The highest BCUT2D eigenvalue weighted by atomic mass is 16.5. The Bertz CT molecular complexity index is 1050. The van der Waals surface area contributed by atoms with E-state index in [0.717, 1.165) is 11.1 Å². The van der Waals surface area contributed by atoms with Crippen LogP contribution < -0.4 is 14.8 Å². The van der Waals surface area contributed by atoms with E-state index in [2.05, 4.69) is 5.32 Å². The fourth-order valence-electron chi connectivity index (χ4n) is 3.59. The summed E-state index contributed by atoms with van der Waals surface area (Å²) >= 11 is 0. The maximum absolute atomic E-state index is 13.3. The van der Waals surface area contributed by atoms with Gasteiger partial charge in [-0.3, -0.25) is 9.59 Å². The highest BCUT2D eigenvalue weighted by Crippen LogP contribution is 2.27. The first-order valence-electron chi connectivity index (χ1n) is 10.9. The van der Waals surface area contributed by atoms with Crippen molar-refractivity contribution in [3.63, 3.8) is 0 Å². The van der Waals surface area contributed by atoms with Crippen LogP contribution in [0.3, 0.4) is 0 Å². The Hall–Kier alpha value is -3.80. The van der Waals surface area contributed by atoms with Crippen LogP contribution in [0.25, 0.3) is 0 Å². The van der Waals surface area contributed by atoms with E-state index in [1.54, 1.807) is 50.4 Å². The van der Waals surface area contributed by atoms with Crippen LogP contribution in [0.4, 0.5) is 0 Å². The van der Waals surface area contributed by atoms with Crippen LogP contribution in [-0.4, -0.2) is 50.6 Å². The van der Waals surface area contributed by atoms with Crippen molar-refractivity contribution in [2.24, 2.45) is 0 Å². The minimum Gasteiger partial charge on any atom is -0.493 e. The van der Waals surface area contributed by atoms with Crippen LogP contribution in [0.2, 0.25) is 0 Å². The first kappa shape index (κ1) is 23.9. The third-order valence-corrected chi connectivity index (χ3v) is 5.48. The summed E-state index contributed by atoms with van der Waals surface area (Å²) in [5.74, 6) is 0.917. The van der Waals surface area contributed by atoms with E-state index in [-0.39, 0.29) is 11.8 Å². The Morgan fingerprint density at radius 3 is 2.12 bits per heavy atom. The lowest BCUT2D eigenvalue weighted by Crippen LogP contribution is -2.49. The molecule has 3 aromatic carbocycles. The molecule has 3 aromatic rings. The zero-order valence-corrected chi connectivity index (χ0v) is 19.3. The van der Waals surface area contributed by atoms with Crippen LogP contribution >= 0.6 is 0 Å². The van der Waals surface area contributed by atoms with Gasteiger partial charge in [-0.15, -0.1) is 0 Å². The molecule has 172 valence electrons. The summed E-state index contributed by atoms with van der Waals surface area (Å²) in [6.45, 7) is 0.501. The van der Waals surface area contributed by atoms with Crippen molar-refractivity contribution >= 4 is 11.8 Å². The van der Waals surface area contributed by atoms with Crippen LogP contribution in [-0.2, 0) is 17.6 Å². The van der Waals surface area contributed by atoms with Crippen molar-refractivity contribution in [2.45, 2.75) is 18.9 Å². The Morgan fingerprint density at radius 1 is 0.848 bits per heavy atom. The molecule has 1 N–H and O–H groups in total. The Kier molecular flexibility index (Phi) is 8.47. The van der Waals surface area contributed by atoms with Crippen molar-refractivity contribution in [2.75, 3.05) is 27.8 Å². The van der Waals surface area contributed by atoms with Crippen molar-refractivity contribution in [3.05, 3.63) is 95.6 Å². The van der Waals surface area contributed by atoms with Gasteiger partial charge < -0.3 is 19.7 Å².